The number of likely N-dealkylation sites (tertiary alicyclic amines) is 1. The van der Waals surface area contributed by atoms with Crippen LogP contribution < -0.4 is 0 Å². The SMILES string of the molecule is C=C(CCCCCC)CCC1CCN(C(/C=C\C2=NC(C(/C=C3/C(C)=C=C(C)C(C)=CC3C)=NC)=CC(=O)C(=C)C2)=C/C)CC1. The van der Waals surface area contributed by atoms with E-state index in [0.717, 1.165) is 41.4 Å². The minimum Gasteiger partial charge on any atom is -0.372 e. The maximum Gasteiger partial charge on any atom is 0.183 e. The molecule has 0 radical (unpaired) electrons. The van der Waals surface area contributed by atoms with Crippen molar-refractivity contribution in [3.05, 3.63) is 100 Å². The van der Waals surface area contributed by atoms with Gasteiger partial charge in [0.1, 0.15) is 0 Å². The summed E-state index contributed by atoms with van der Waals surface area (Å²) in [6, 6.07) is 0. The Hall–Kier alpha value is -3.49. The van der Waals surface area contributed by atoms with Crippen LogP contribution in [0.5, 0.6) is 0 Å². The average molecular weight is 608 g/mol. The molecule has 0 bridgehead atoms. The molecule has 0 spiro atoms. The molecule has 0 aromatic carbocycles. The molecule has 1 saturated heterocycles. The first-order valence-corrected chi connectivity index (χ1v) is 17.2. The minimum atomic E-state index is -0.0960. The van der Waals surface area contributed by atoms with Crippen molar-refractivity contribution in [2.45, 2.75) is 106 Å². The number of allylic oxidation sites excluding steroid dienone is 11. The normalized spacial score (nSPS) is 21.8. The van der Waals surface area contributed by atoms with Crippen molar-refractivity contribution in [3.63, 3.8) is 0 Å². The number of hydrogen-bond donors (Lipinski definition) is 0. The second kappa shape index (κ2) is 17.9. The number of rotatable bonds is 13. The number of piperidine rings is 1. The molecular formula is C41H57N3O. The Morgan fingerprint density at radius 1 is 1.13 bits per heavy atom. The van der Waals surface area contributed by atoms with Gasteiger partial charge in [0, 0.05) is 50.0 Å². The molecule has 242 valence electrons. The van der Waals surface area contributed by atoms with Crippen LogP contribution in [0.4, 0.5) is 0 Å². The van der Waals surface area contributed by atoms with Gasteiger partial charge in [0.25, 0.3) is 0 Å². The first kappa shape index (κ1) is 36.0. The highest BCUT2D eigenvalue weighted by Crippen LogP contribution is 2.29. The van der Waals surface area contributed by atoms with Gasteiger partial charge < -0.3 is 4.90 Å². The second-order valence-corrected chi connectivity index (χ2v) is 13.1. The quantitative estimate of drug-likeness (QED) is 0.0522. The standard InChI is InChI=1S/C41H57N3O/c1-10-12-13-14-15-29(3)16-17-35-20-22-44(23-21-35)37(11-2)19-18-36-26-34(8)41(45)28-40(43-36)39(42-9)27-38-32(6)24-30(4)31(5)25-33(38)7/h11,18-19,24,27-28,32,35H,3,8,10,12-17,20-23,26H2,1-2,4-7,9H3/b19-18-,37-11+,38-27+,42-39?. The Balaban J connectivity index is 1.70. The molecule has 3 aliphatic rings. The van der Waals surface area contributed by atoms with Crippen molar-refractivity contribution < 1.29 is 4.79 Å². The molecule has 4 nitrogen and oxygen atoms in total. The first-order chi connectivity index (χ1) is 21.6. The van der Waals surface area contributed by atoms with Gasteiger partial charge in [0.2, 0.25) is 0 Å². The van der Waals surface area contributed by atoms with Gasteiger partial charge in [0.15, 0.2) is 5.78 Å². The van der Waals surface area contributed by atoms with Crippen LogP contribution in [0.15, 0.2) is 110 Å². The Morgan fingerprint density at radius 2 is 1.87 bits per heavy atom. The van der Waals surface area contributed by atoms with Gasteiger partial charge in [-0.3, -0.25) is 14.8 Å². The predicted molar refractivity (Wildman–Crippen MR) is 195 cm³/mol. The van der Waals surface area contributed by atoms with E-state index in [9.17, 15) is 4.79 Å². The fourth-order valence-corrected chi connectivity index (χ4v) is 6.39. The van der Waals surface area contributed by atoms with E-state index in [0.29, 0.717) is 23.4 Å². The Kier molecular flexibility index (Phi) is 14.3. The molecule has 4 heteroatoms. The van der Waals surface area contributed by atoms with Crippen LogP contribution in [0.3, 0.4) is 0 Å². The van der Waals surface area contributed by atoms with Gasteiger partial charge in [0.05, 0.1) is 11.4 Å². The molecule has 3 rings (SSSR count). The van der Waals surface area contributed by atoms with Crippen LogP contribution in [0.2, 0.25) is 0 Å². The Bertz CT molecular complexity index is 1410. The smallest absolute Gasteiger partial charge is 0.183 e. The van der Waals surface area contributed by atoms with E-state index in [-0.39, 0.29) is 11.7 Å². The molecule has 2 heterocycles. The number of nitrogens with zero attached hydrogens (tertiary/aromatic N) is 3. The molecule has 0 aromatic heterocycles. The highest BCUT2D eigenvalue weighted by atomic mass is 16.1. The third-order valence-electron chi connectivity index (χ3n) is 9.47. The topological polar surface area (TPSA) is 45.0 Å². The molecule has 0 aromatic rings. The van der Waals surface area contributed by atoms with Gasteiger partial charge >= 0.3 is 0 Å². The molecule has 1 fully saturated rings. The molecule has 0 amide bonds. The van der Waals surface area contributed by atoms with Crippen LogP contribution >= 0.6 is 0 Å². The van der Waals surface area contributed by atoms with Crippen LogP contribution in [-0.4, -0.2) is 42.2 Å². The van der Waals surface area contributed by atoms with E-state index < -0.39 is 0 Å². The summed E-state index contributed by atoms with van der Waals surface area (Å²) in [6.07, 6.45) is 24.0. The highest BCUT2D eigenvalue weighted by molar-refractivity contribution is 6.19. The summed E-state index contributed by atoms with van der Waals surface area (Å²) in [5.74, 6) is 0.877. The lowest BCUT2D eigenvalue weighted by Gasteiger charge is -2.34. The zero-order chi connectivity index (χ0) is 32.9. The van der Waals surface area contributed by atoms with Gasteiger partial charge in [-0.25, -0.2) is 0 Å². The molecule has 1 atom stereocenters. The summed E-state index contributed by atoms with van der Waals surface area (Å²) >= 11 is 0. The van der Waals surface area contributed by atoms with Crippen molar-refractivity contribution in [2.75, 3.05) is 20.1 Å². The summed E-state index contributed by atoms with van der Waals surface area (Å²) in [6.45, 7) is 23.4. The minimum absolute atomic E-state index is 0.0960. The summed E-state index contributed by atoms with van der Waals surface area (Å²) in [5.41, 5.74) is 13.4. The summed E-state index contributed by atoms with van der Waals surface area (Å²) < 4.78 is 0. The fourth-order valence-electron chi connectivity index (χ4n) is 6.39. The molecule has 2 aliphatic heterocycles. The molecule has 0 N–H and O–H groups in total. The van der Waals surface area contributed by atoms with E-state index >= 15 is 0 Å². The van der Waals surface area contributed by atoms with Crippen molar-refractivity contribution in [1.29, 1.82) is 0 Å². The van der Waals surface area contributed by atoms with Gasteiger partial charge in [-0.1, -0.05) is 64.0 Å². The monoisotopic (exact) mass is 607 g/mol. The molecule has 45 heavy (non-hydrogen) atoms. The Morgan fingerprint density at radius 3 is 2.53 bits per heavy atom. The van der Waals surface area contributed by atoms with Crippen LogP contribution in [0, 0.1) is 11.8 Å². The molecule has 1 aliphatic carbocycles. The van der Waals surface area contributed by atoms with Gasteiger partial charge in [-0.05, 0) is 118 Å². The van der Waals surface area contributed by atoms with Crippen molar-refractivity contribution in [3.8, 4) is 0 Å². The first-order valence-electron chi connectivity index (χ1n) is 17.2. The zero-order valence-corrected chi connectivity index (χ0v) is 29.3. The number of carbonyl (C=O) groups excluding carboxylic acids is 1. The summed E-state index contributed by atoms with van der Waals surface area (Å²) in [4.78, 5) is 25.0. The third-order valence-corrected chi connectivity index (χ3v) is 9.47. The maximum atomic E-state index is 13.0. The lowest BCUT2D eigenvalue weighted by Crippen LogP contribution is -2.32. The lowest BCUT2D eigenvalue weighted by molar-refractivity contribution is -0.111. The summed E-state index contributed by atoms with van der Waals surface area (Å²) in [7, 11) is 1.76. The van der Waals surface area contributed by atoms with Crippen LogP contribution in [0.25, 0.3) is 0 Å². The second-order valence-electron chi connectivity index (χ2n) is 13.1. The molecule has 1 unspecified atom stereocenters. The molecule has 0 saturated carbocycles. The van der Waals surface area contributed by atoms with Crippen molar-refractivity contribution in [2.24, 2.45) is 21.8 Å². The van der Waals surface area contributed by atoms with E-state index in [4.69, 9.17) is 4.99 Å². The maximum absolute atomic E-state index is 13.0. The number of aliphatic imine (C=N–C) groups is 2. The summed E-state index contributed by atoms with van der Waals surface area (Å²) in [5, 5.41) is 0. The van der Waals surface area contributed by atoms with E-state index in [2.05, 4.69) is 101 Å². The van der Waals surface area contributed by atoms with Crippen molar-refractivity contribution >= 4 is 17.2 Å². The Labute approximate surface area is 274 Å². The predicted octanol–water partition coefficient (Wildman–Crippen LogP) is 10.4. The van der Waals surface area contributed by atoms with Crippen molar-refractivity contribution in [1.82, 2.24) is 4.90 Å². The highest BCUT2D eigenvalue weighted by Gasteiger charge is 2.21. The zero-order valence-electron chi connectivity index (χ0n) is 29.3. The number of carbonyl (C=O) groups is 1. The van der Waals surface area contributed by atoms with Crippen LogP contribution in [0.1, 0.15) is 106 Å². The number of ketones is 1. The van der Waals surface area contributed by atoms with Gasteiger partial charge in [-0.2, -0.15) is 0 Å². The lowest BCUT2D eigenvalue weighted by atomic mass is 9.89. The largest absolute Gasteiger partial charge is 0.372 e. The van der Waals surface area contributed by atoms with E-state index in [1.165, 1.54) is 74.6 Å². The average Bonchev–Trinajstić information content (AvgIpc) is 3.21. The fraction of sp³-hybridized carbons (Fsp3) is 0.512. The third kappa shape index (κ3) is 10.8. The number of unbranched alkanes of at least 4 members (excludes halogenated alkanes) is 3. The van der Waals surface area contributed by atoms with Gasteiger partial charge in [-0.15, -0.1) is 5.73 Å². The van der Waals surface area contributed by atoms with E-state index in [1.807, 2.05) is 0 Å². The molecular weight excluding hydrogens is 550 g/mol. The number of hydrogen-bond acceptors (Lipinski definition) is 4. The van der Waals surface area contributed by atoms with Crippen LogP contribution in [-0.2, 0) is 4.79 Å². The van der Waals surface area contributed by atoms with E-state index in [1.54, 1.807) is 13.1 Å².